The Labute approximate surface area is 161 Å². The first-order valence-electron chi connectivity index (χ1n) is 9.34. The van der Waals surface area contributed by atoms with E-state index in [0.717, 1.165) is 36.1 Å². The van der Waals surface area contributed by atoms with Gasteiger partial charge >= 0.3 is 0 Å². The van der Waals surface area contributed by atoms with E-state index in [4.69, 9.17) is 4.74 Å². The topological polar surface area (TPSA) is 62.1 Å². The van der Waals surface area contributed by atoms with Crippen LogP contribution in [0.1, 0.15) is 50.3 Å². The van der Waals surface area contributed by atoms with Crippen molar-refractivity contribution < 1.29 is 9.53 Å². The maximum absolute atomic E-state index is 12.4. The van der Waals surface area contributed by atoms with Gasteiger partial charge < -0.3 is 10.1 Å². The van der Waals surface area contributed by atoms with Gasteiger partial charge in [0.25, 0.3) is 5.91 Å². The normalized spacial score (nSPS) is 12.1. The molecule has 0 heterocycles. The summed E-state index contributed by atoms with van der Waals surface area (Å²) in [5.41, 5.74) is 1.86. The van der Waals surface area contributed by atoms with Crippen molar-refractivity contribution in [2.75, 3.05) is 6.61 Å². The van der Waals surface area contributed by atoms with Crippen LogP contribution >= 0.6 is 0 Å². The highest BCUT2D eigenvalue weighted by molar-refractivity contribution is 6.01. The van der Waals surface area contributed by atoms with E-state index in [2.05, 4.69) is 12.2 Å². The first kappa shape index (κ1) is 20.3. The molecule has 4 heteroatoms. The van der Waals surface area contributed by atoms with Gasteiger partial charge in [0, 0.05) is 0 Å². The number of carbonyl (C=O) groups excluding carboxylic acids is 1. The lowest BCUT2D eigenvalue weighted by Gasteiger charge is -2.13. The van der Waals surface area contributed by atoms with Gasteiger partial charge in [-0.05, 0) is 42.7 Å². The van der Waals surface area contributed by atoms with Crippen LogP contribution in [-0.2, 0) is 4.79 Å². The van der Waals surface area contributed by atoms with Crippen molar-refractivity contribution in [1.29, 1.82) is 5.26 Å². The van der Waals surface area contributed by atoms with Gasteiger partial charge in [-0.1, -0.05) is 62.2 Å². The summed E-state index contributed by atoms with van der Waals surface area (Å²) in [5, 5.41) is 12.2. The highest BCUT2D eigenvalue weighted by atomic mass is 16.5. The molecule has 0 saturated carbocycles. The fourth-order valence-electron chi connectivity index (χ4n) is 2.62. The van der Waals surface area contributed by atoms with Gasteiger partial charge in [0.1, 0.15) is 17.4 Å². The molecular weight excluding hydrogens is 336 g/mol. The van der Waals surface area contributed by atoms with Crippen LogP contribution in [0.5, 0.6) is 5.75 Å². The summed E-state index contributed by atoms with van der Waals surface area (Å²) in [6, 6.07) is 18.9. The number of hydrogen-bond donors (Lipinski definition) is 1. The standard InChI is InChI=1S/C23H26N2O2/c1-3-4-8-15-27-22-13-11-19(12-14-22)16-21(17-24)23(26)25-18(2)20-9-6-5-7-10-20/h5-7,9-14,16,18H,3-4,8,15H2,1-2H3,(H,25,26)/b21-16+/t18-/m0/s1. The maximum Gasteiger partial charge on any atom is 0.262 e. The minimum Gasteiger partial charge on any atom is -0.494 e. The second kappa shape index (κ2) is 10.8. The number of nitriles is 1. The van der Waals surface area contributed by atoms with E-state index < -0.39 is 0 Å². The Kier molecular flexibility index (Phi) is 8.12. The quantitative estimate of drug-likeness (QED) is 0.386. The van der Waals surface area contributed by atoms with Crippen molar-refractivity contribution in [1.82, 2.24) is 5.32 Å². The summed E-state index contributed by atoms with van der Waals surface area (Å²) < 4.78 is 5.68. The molecule has 0 aliphatic heterocycles. The fraction of sp³-hybridized carbons (Fsp3) is 0.304. The molecule has 0 bridgehead atoms. The smallest absolute Gasteiger partial charge is 0.262 e. The van der Waals surface area contributed by atoms with Crippen molar-refractivity contribution in [2.24, 2.45) is 0 Å². The molecule has 2 aromatic rings. The van der Waals surface area contributed by atoms with Crippen molar-refractivity contribution >= 4 is 12.0 Å². The van der Waals surface area contributed by atoms with E-state index in [1.54, 1.807) is 6.08 Å². The third-order valence-electron chi connectivity index (χ3n) is 4.22. The van der Waals surface area contributed by atoms with Crippen LogP contribution in [-0.4, -0.2) is 12.5 Å². The summed E-state index contributed by atoms with van der Waals surface area (Å²) in [7, 11) is 0. The van der Waals surface area contributed by atoms with Gasteiger partial charge in [-0.2, -0.15) is 5.26 Å². The van der Waals surface area contributed by atoms with Gasteiger partial charge in [0.2, 0.25) is 0 Å². The summed E-state index contributed by atoms with van der Waals surface area (Å²) in [6.45, 7) is 4.75. The average molecular weight is 362 g/mol. The lowest BCUT2D eigenvalue weighted by Crippen LogP contribution is -2.27. The van der Waals surface area contributed by atoms with Crippen molar-refractivity contribution in [3.8, 4) is 11.8 Å². The minimum absolute atomic E-state index is 0.0781. The molecule has 1 amide bonds. The third-order valence-corrected chi connectivity index (χ3v) is 4.22. The van der Waals surface area contributed by atoms with Gasteiger partial charge in [-0.25, -0.2) is 0 Å². The van der Waals surface area contributed by atoms with Gasteiger partial charge in [-0.15, -0.1) is 0 Å². The molecule has 27 heavy (non-hydrogen) atoms. The van der Waals surface area contributed by atoms with Crippen molar-refractivity contribution in [2.45, 2.75) is 39.2 Å². The molecule has 0 spiro atoms. The molecule has 0 aromatic heterocycles. The Balaban J connectivity index is 1.98. The van der Waals surface area contributed by atoms with Crippen molar-refractivity contribution in [3.05, 3.63) is 71.3 Å². The predicted octanol–water partition coefficient (Wildman–Crippen LogP) is 5.04. The van der Waals surface area contributed by atoms with Gasteiger partial charge in [0.05, 0.1) is 12.6 Å². The number of ether oxygens (including phenoxy) is 1. The summed E-state index contributed by atoms with van der Waals surface area (Å²) in [5.74, 6) is 0.414. The highest BCUT2D eigenvalue weighted by Crippen LogP contribution is 2.16. The van der Waals surface area contributed by atoms with E-state index in [1.165, 1.54) is 0 Å². The zero-order valence-corrected chi connectivity index (χ0v) is 15.9. The molecule has 1 atom stereocenters. The number of nitrogens with zero attached hydrogens (tertiary/aromatic N) is 1. The molecule has 0 aliphatic rings. The monoisotopic (exact) mass is 362 g/mol. The molecule has 0 radical (unpaired) electrons. The average Bonchev–Trinajstić information content (AvgIpc) is 2.71. The lowest BCUT2D eigenvalue weighted by atomic mass is 10.1. The molecule has 4 nitrogen and oxygen atoms in total. The number of benzene rings is 2. The molecule has 0 aliphatic carbocycles. The van der Waals surface area contributed by atoms with Gasteiger partial charge in [-0.3, -0.25) is 4.79 Å². The largest absolute Gasteiger partial charge is 0.494 e. The molecule has 0 saturated heterocycles. The van der Waals surface area contributed by atoms with Gasteiger partial charge in [0.15, 0.2) is 0 Å². The van der Waals surface area contributed by atoms with Crippen LogP contribution < -0.4 is 10.1 Å². The summed E-state index contributed by atoms with van der Waals surface area (Å²) in [4.78, 5) is 12.4. The summed E-state index contributed by atoms with van der Waals surface area (Å²) in [6.07, 6.45) is 4.95. The van der Waals surface area contributed by atoms with Crippen molar-refractivity contribution in [3.63, 3.8) is 0 Å². The van der Waals surface area contributed by atoms with Crippen LogP contribution in [0.4, 0.5) is 0 Å². The minimum atomic E-state index is -0.381. The number of unbranched alkanes of at least 4 members (excludes halogenated alkanes) is 2. The molecular formula is C23H26N2O2. The molecule has 140 valence electrons. The Hall–Kier alpha value is -3.06. The first-order chi connectivity index (χ1) is 13.1. The molecule has 2 rings (SSSR count). The Morgan fingerprint density at radius 1 is 1.15 bits per heavy atom. The number of carbonyl (C=O) groups is 1. The maximum atomic E-state index is 12.4. The number of amides is 1. The second-order valence-electron chi connectivity index (χ2n) is 6.40. The van der Waals surface area contributed by atoms with Crippen LogP contribution in [0.2, 0.25) is 0 Å². The second-order valence-corrected chi connectivity index (χ2v) is 6.40. The highest BCUT2D eigenvalue weighted by Gasteiger charge is 2.13. The fourth-order valence-corrected chi connectivity index (χ4v) is 2.62. The zero-order chi connectivity index (χ0) is 19.5. The number of rotatable bonds is 9. The van der Waals surface area contributed by atoms with E-state index >= 15 is 0 Å². The van der Waals surface area contributed by atoms with Crippen LogP contribution in [0.3, 0.4) is 0 Å². The third kappa shape index (κ3) is 6.63. The summed E-state index contributed by atoms with van der Waals surface area (Å²) >= 11 is 0. The SMILES string of the molecule is CCCCCOc1ccc(/C=C(\C#N)C(=O)N[C@@H](C)c2ccccc2)cc1. The lowest BCUT2D eigenvalue weighted by molar-refractivity contribution is -0.117. The van der Waals surface area contributed by atoms with Crippen LogP contribution in [0.25, 0.3) is 6.08 Å². The number of nitrogens with one attached hydrogen (secondary N) is 1. The Morgan fingerprint density at radius 2 is 1.85 bits per heavy atom. The van der Waals surface area contributed by atoms with E-state index in [9.17, 15) is 10.1 Å². The Bertz CT molecular complexity index is 789. The van der Waals surface area contributed by atoms with E-state index in [1.807, 2.05) is 67.6 Å². The van der Waals surface area contributed by atoms with E-state index in [0.29, 0.717) is 6.61 Å². The van der Waals surface area contributed by atoms with Crippen LogP contribution in [0, 0.1) is 11.3 Å². The Morgan fingerprint density at radius 3 is 2.48 bits per heavy atom. The molecule has 0 fully saturated rings. The zero-order valence-electron chi connectivity index (χ0n) is 15.9. The van der Waals surface area contributed by atoms with Crippen LogP contribution in [0.15, 0.2) is 60.2 Å². The molecule has 2 aromatic carbocycles. The molecule has 1 N–H and O–H groups in total. The van der Waals surface area contributed by atoms with E-state index in [-0.39, 0.29) is 17.5 Å². The first-order valence-corrected chi connectivity index (χ1v) is 9.34. The molecule has 0 unspecified atom stereocenters. The number of hydrogen-bond acceptors (Lipinski definition) is 3. The predicted molar refractivity (Wildman–Crippen MR) is 108 cm³/mol.